The van der Waals surface area contributed by atoms with Crippen LogP contribution in [0.25, 0.3) is 0 Å². The molecule has 1 amide bonds. The van der Waals surface area contributed by atoms with Crippen LogP contribution in [0.15, 0.2) is 0 Å². The molecule has 5 heteroatoms. The predicted molar refractivity (Wildman–Crippen MR) is 41.2 cm³/mol. The number of hydrogen-bond donors (Lipinski definition) is 1. The lowest BCUT2D eigenvalue weighted by Crippen LogP contribution is -2.39. The van der Waals surface area contributed by atoms with Crippen molar-refractivity contribution in [3.05, 3.63) is 0 Å². The standard InChI is InChI=1S/C7H13NO4/c1-3-11-5(6(8)9)7(10)12-4-2/h5H,3-4H2,1-2H3,(H2,8,9). The van der Waals surface area contributed by atoms with E-state index in [0.29, 0.717) is 0 Å². The molecule has 2 N–H and O–H groups in total. The van der Waals surface area contributed by atoms with Crippen LogP contribution in [-0.2, 0) is 19.1 Å². The Morgan fingerprint density at radius 1 is 1.33 bits per heavy atom. The quantitative estimate of drug-likeness (QED) is 0.448. The van der Waals surface area contributed by atoms with Gasteiger partial charge >= 0.3 is 5.97 Å². The van der Waals surface area contributed by atoms with Gasteiger partial charge in [-0.05, 0) is 13.8 Å². The number of hydrogen-bond acceptors (Lipinski definition) is 4. The summed E-state index contributed by atoms with van der Waals surface area (Å²) in [6.07, 6.45) is -1.27. The van der Waals surface area contributed by atoms with E-state index in [0.717, 1.165) is 0 Å². The first-order chi connectivity index (χ1) is 5.63. The number of carbonyl (C=O) groups is 2. The summed E-state index contributed by atoms with van der Waals surface area (Å²) < 4.78 is 9.32. The third-order valence-corrected chi connectivity index (χ3v) is 1.09. The van der Waals surface area contributed by atoms with E-state index in [1.165, 1.54) is 0 Å². The minimum absolute atomic E-state index is 0.204. The molecule has 0 heterocycles. The number of nitrogens with two attached hydrogens (primary N) is 1. The molecule has 1 atom stereocenters. The molecule has 0 aromatic rings. The number of rotatable bonds is 5. The zero-order valence-corrected chi connectivity index (χ0v) is 7.20. The van der Waals surface area contributed by atoms with Crippen molar-refractivity contribution in [2.45, 2.75) is 20.0 Å². The maximum atomic E-state index is 10.9. The van der Waals surface area contributed by atoms with Gasteiger partial charge in [0.25, 0.3) is 5.91 Å². The molecule has 0 spiro atoms. The van der Waals surface area contributed by atoms with E-state index in [9.17, 15) is 9.59 Å². The third kappa shape index (κ3) is 3.34. The van der Waals surface area contributed by atoms with E-state index < -0.39 is 18.0 Å². The molecule has 0 aliphatic rings. The largest absolute Gasteiger partial charge is 0.464 e. The normalized spacial score (nSPS) is 12.2. The first kappa shape index (κ1) is 10.9. The Kier molecular flexibility index (Phi) is 5.03. The molecular weight excluding hydrogens is 162 g/mol. The van der Waals surface area contributed by atoms with Crippen LogP contribution in [0.2, 0.25) is 0 Å². The minimum Gasteiger partial charge on any atom is -0.464 e. The number of carbonyl (C=O) groups excluding carboxylic acids is 2. The number of primary amides is 1. The van der Waals surface area contributed by atoms with Crippen LogP contribution >= 0.6 is 0 Å². The third-order valence-electron chi connectivity index (χ3n) is 1.09. The van der Waals surface area contributed by atoms with Crippen LogP contribution in [0.5, 0.6) is 0 Å². The molecule has 5 nitrogen and oxygen atoms in total. The maximum Gasteiger partial charge on any atom is 0.345 e. The van der Waals surface area contributed by atoms with Gasteiger partial charge in [0.05, 0.1) is 6.61 Å². The first-order valence-electron chi connectivity index (χ1n) is 3.71. The highest BCUT2D eigenvalue weighted by atomic mass is 16.6. The van der Waals surface area contributed by atoms with Crippen molar-refractivity contribution in [1.82, 2.24) is 0 Å². The van der Waals surface area contributed by atoms with Gasteiger partial charge in [-0.15, -0.1) is 0 Å². The van der Waals surface area contributed by atoms with Crippen molar-refractivity contribution >= 4 is 11.9 Å². The summed E-state index contributed by atoms with van der Waals surface area (Å²) in [4.78, 5) is 21.5. The van der Waals surface area contributed by atoms with Gasteiger partial charge in [-0.1, -0.05) is 0 Å². The second-order valence-corrected chi connectivity index (χ2v) is 1.99. The van der Waals surface area contributed by atoms with Crippen LogP contribution in [-0.4, -0.2) is 31.2 Å². The second kappa shape index (κ2) is 5.54. The van der Waals surface area contributed by atoms with Crippen LogP contribution in [0.3, 0.4) is 0 Å². The number of amides is 1. The van der Waals surface area contributed by atoms with Crippen LogP contribution in [0, 0.1) is 0 Å². The summed E-state index contributed by atoms with van der Waals surface area (Å²) in [7, 11) is 0. The Morgan fingerprint density at radius 2 is 1.92 bits per heavy atom. The predicted octanol–water partition coefficient (Wildman–Crippen LogP) is -0.560. The molecule has 0 radical (unpaired) electrons. The zero-order valence-electron chi connectivity index (χ0n) is 7.20. The summed E-state index contributed by atoms with van der Waals surface area (Å²) in [5, 5.41) is 0. The molecular formula is C7H13NO4. The van der Waals surface area contributed by atoms with E-state index >= 15 is 0 Å². The van der Waals surface area contributed by atoms with Gasteiger partial charge in [0.15, 0.2) is 0 Å². The van der Waals surface area contributed by atoms with E-state index in [1.54, 1.807) is 13.8 Å². The molecule has 0 aromatic heterocycles. The molecule has 12 heavy (non-hydrogen) atoms. The van der Waals surface area contributed by atoms with Crippen molar-refractivity contribution in [3.8, 4) is 0 Å². The molecule has 0 saturated heterocycles. The summed E-state index contributed by atoms with van der Waals surface area (Å²) >= 11 is 0. The maximum absolute atomic E-state index is 10.9. The van der Waals surface area contributed by atoms with E-state index in [-0.39, 0.29) is 13.2 Å². The van der Waals surface area contributed by atoms with E-state index in [1.807, 2.05) is 0 Å². The monoisotopic (exact) mass is 175 g/mol. The molecule has 0 aromatic carbocycles. The van der Waals surface area contributed by atoms with Gasteiger partial charge in [-0.25, -0.2) is 4.79 Å². The lowest BCUT2D eigenvalue weighted by atomic mass is 10.3. The van der Waals surface area contributed by atoms with Gasteiger partial charge in [-0.3, -0.25) is 4.79 Å². The summed E-state index contributed by atoms with van der Waals surface area (Å²) in [6, 6.07) is 0. The fourth-order valence-corrected chi connectivity index (χ4v) is 0.651. The number of ether oxygens (including phenoxy) is 2. The van der Waals surface area contributed by atoms with Gasteiger partial charge < -0.3 is 15.2 Å². The zero-order chi connectivity index (χ0) is 9.56. The Hall–Kier alpha value is -1.10. The Morgan fingerprint density at radius 3 is 2.25 bits per heavy atom. The lowest BCUT2D eigenvalue weighted by Gasteiger charge is -2.10. The van der Waals surface area contributed by atoms with Crippen molar-refractivity contribution in [1.29, 1.82) is 0 Å². The van der Waals surface area contributed by atoms with Crippen LogP contribution < -0.4 is 5.73 Å². The first-order valence-corrected chi connectivity index (χ1v) is 3.71. The smallest absolute Gasteiger partial charge is 0.345 e. The molecule has 0 saturated carbocycles. The Labute approximate surface area is 70.8 Å². The second-order valence-electron chi connectivity index (χ2n) is 1.99. The lowest BCUT2D eigenvalue weighted by molar-refractivity contribution is -0.160. The van der Waals surface area contributed by atoms with Gasteiger partial charge in [0.2, 0.25) is 6.10 Å². The molecule has 1 unspecified atom stereocenters. The highest BCUT2D eigenvalue weighted by Crippen LogP contribution is 1.94. The van der Waals surface area contributed by atoms with Crippen LogP contribution in [0.1, 0.15) is 13.8 Å². The van der Waals surface area contributed by atoms with Crippen molar-refractivity contribution < 1.29 is 19.1 Å². The van der Waals surface area contributed by atoms with Gasteiger partial charge in [-0.2, -0.15) is 0 Å². The average Bonchev–Trinajstić information content (AvgIpc) is 1.99. The Balaban J connectivity index is 4.09. The average molecular weight is 175 g/mol. The molecule has 0 aliphatic heterocycles. The Bertz CT molecular complexity index is 169. The fourth-order valence-electron chi connectivity index (χ4n) is 0.651. The minimum atomic E-state index is -1.27. The van der Waals surface area contributed by atoms with E-state index in [4.69, 9.17) is 10.5 Å². The summed E-state index contributed by atoms with van der Waals surface area (Å²) in [5.74, 6) is -1.55. The molecule has 0 rings (SSSR count). The van der Waals surface area contributed by atoms with Gasteiger partial charge in [0, 0.05) is 6.61 Å². The van der Waals surface area contributed by atoms with Gasteiger partial charge in [0.1, 0.15) is 0 Å². The summed E-state index contributed by atoms with van der Waals surface area (Å²) in [6.45, 7) is 3.75. The van der Waals surface area contributed by atoms with E-state index in [2.05, 4.69) is 4.74 Å². The molecule has 0 aliphatic carbocycles. The molecule has 0 fully saturated rings. The van der Waals surface area contributed by atoms with Crippen molar-refractivity contribution in [2.24, 2.45) is 5.73 Å². The number of esters is 1. The highest BCUT2D eigenvalue weighted by Gasteiger charge is 2.25. The fraction of sp³-hybridized carbons (Fsp3) is 0.714. The SMILES string of the molecule is CCOC(=O)C(OCC)C(N)=O. The molecule has 70 valence electrons. The van der Waals surface area contributed by atoms with Crippen molar-refractivity contribution in [2.75, 3.05) is 13.2 Å². The van der Waals surface area contributed by atoms with Crippen molar-refractivity contribution in [3.63, 3.8) is 0 Å². The molecule has 0 bridgehead atoms. The highest BCUT2D eigenvalue weighted by molar-refractivity contribution is 5.99. The summed E-state index contributed by atoms with van der Waals surface area (Å²) in [5.41, 5.74) is 4.89. The topological polar surface area (TPSA) is 78.6 Å². The van der Waals surface area contributed by atoms with Crippen LogP contribution in [0.4, 0.5) is 0 Å².